The van der Waals surface area contributed by atoms with Gasteiger partial charge in [0.05, 0.1) is 6.67 Å². The second-order valence-corrected chi connectivity index (χ2v) is 3.79. The van der Waals surface area contributed by atoms with Gasteiger partial charge in [-0.25, -0.2) is 0 Å². The average molecular weight is 234 g/mol. The van der Waals surface area contributed by atoms with Crippen molar-refractivity contribution in [1.82, 2.24) is 0 Å². The molecular formula is C16H23F. The predicted octanol–water partition coefficient (Wildman–Crippen LogP) is 5.51. The third kappa shape index (κ3) is 7.51. The van der Waals surface area contributed by atoms with Crippen LogP contribution >= 0.6 is 0 Å². The molecule has 0 atom stereocenters. The van der Waals surface area contributed by atoms with Gasteiger partial charge in [0.15, 0.2) is 0 Å². The van der Waals surface area contributed by atoms with Crippen LogP contribution in [0.2, 0.25) is 0 Å². The first-order valence-electron chi connectivity index (χ1n) is 6.20. The van der Waals surface area contributed by atoms with E-state index in [0.717, 1.165) is 24.0 Å². The summed E-state index contributed by atoms with van der Waals surface area (Å²) in [6.45, 7) is 9.37. The minimum absolute atomic E-state index is 0.139. The number of unbranched alkanes of at least 4 members (excludes halogenated alkanes) is 3. The van der Waals surface area contributed by atoms with Crippen molar-refractivity contribution in [2.75, 3.05) is 6.67 Å². The van der Waals surface area contributed by atoms with Crippen LogP contribution in [-0.4, -0.2) is 6.67 Å². The molecule has 1 heteroatoms. The number of hydrogen-bond donors (Lipinski definition) is 0. The van der Waals surface area contributed by atoms with Gasteiger partial charge < -0.3 is 0 Å². The zero-order chi connectivity index (χ0) is 12.9. The van der Waals surface area contributed by atoms with Gasteiger partial charge in [0.1, 0.15) is 0 Å². The standard InChI is InChI=1S/C10H10.C6H13F/c1-3-9-7-5-6-8-10(9)4-2;1-2-3-4-5-6-7/h3-8H,1-2H2;2-6H2,1H3. The molecule has 0 bridgehead atoms. The van der Waals surface area contributed by atoms with Gasteiger partial charge in [-0.05, 0) is 17.5 Å². The predicted molar refractivity (Wildman–Crippen MR) is 76.7 cm³/mol. The molecule has 0 saturated heterocycles. The molecule has 0 spiro atoms. The molecule has 0 amide bonds. The molecule has 0 saturated carbocycles. The van der Waals surface area contributed by atoms with E-state index >= 15 is 0 Å². The van der Waals surface area contributed by atoms with Gasteiger partial charge in [0.25, 0.3) is 0 Å². The van der Waals surface area contributed by atoms with Gasteiger partial charge >= 0.3 is 0 Å². The van der Waals surface area contributed by atoms with Gasteiger partial charge in [-0.1, -0.05) is 75.8 Å². The van der Waals surface area contributed by atoms with Crippen molar-refractivity contribution in [2.24, 2.45) is 0 Å². The fourth-order valence-corrected chi connectivity index (χ4v) is 1.40. The fraction of sp³-hybridized carbons (Fsp3) is 0.375. The summed E-state index contributed by atoms with van der Waals surface area (Å²) in [5.41, 5.74) is 2.27. The molecule has 0 heterocycles. The van der Waals surface area contributed by atoms with E-state index in [2.05, 4.69) is 20.1 Å². The third-order valence-electron chi connectivity index (χ3n) is 2.42. The summed E-state index contributed by atoms with van der Waals surface area (Å²) in [7, 11) is 0. The van der Waals surface area contributed by atoms with E-state index < -0.39 is 0 Å². The molecule has 0 nitrogen and oxygen atoms in total. The minimum Gasteiger partial charge on any atom is -0.251 e. The molecule has 0 aliphatic carbocycles. The number of halogens is 1. The second-order valence-electron chi connectivity index (χ2n) is 3.79. The maximum atomic E-state index is 11.3. The summed E-state index contributed by atoms with van der Waals surface area (Å²) < 4.78 is 11.3. The summed E-state index contributed by atoms with van der Waals surface area (Å²) in [6.07, 6.45) is 7.86. The lowest BCUT2D eigenvalue weighted by atomic mass is 10.1. The van der Waals surface area contributed by atoms with Crippen molar-refractivity contribution < 1.29 is 4.39 Å². The largest absolute Gasteiger partial charge is 0.251 e. The highest BCUT2D eigenvalue weighted by atomic mass is 19.1. The van der Waals surface area contributed by atoms with Crippen LogP contribution < -0.4 is 0 Å². The Labute approximate surface area is 105 Å². The summed E-state index contributed by atoms with van der Waals surface area (Å²) in [5, 5.41) is 0. The Bertz CT molecular complexity index is 284. The van der Waals surface area contributed by atoms with Gasteiger partial charge in [0, 0.05) is 0 Å². The normalized spacial score (nSPS) is 9.06. The van der Waals surface area contributed by atoms with Crippen molar-refractivity contribution in [2.45, 2.75) is 32.6 Å². The van der Waals surface area contributed by atoms with E-state index in [1.165, 1.54) is 12.8 Å². The van der Waals surface area contributed by atoms with Crippen molar-refractivity contribution >= 4 is 12.2 Å². The van der Waals surface area contributed by atoms with Crippen LogP contribution in [0.5, 0.6) is 0 Å². The molecule has 1 aromatic rings. The average Bonchev–Trinajstić information content (AvgIpc) is 2.40. The van der Waals surface area contributed by atoms with Crippen LogP contribution in [0.4, 0.5) is 4.39 Å². The molecule has 0 N–H and O–H groups in total. The van der Waals surface area contributed by atoms with Crippen LogP contribution in [-0.2, 0) is 0 Å². The Morgan fingerprint density at radius 3 is 1.88 bits per heavy atom. The van der Waals surface area contributed by atoms with E-state index in [-0.39, 0.29) is 6.67 Å². The molecular weight excluding hydrogens is 211 g/mol. The lowest BCUT2D eigenvalue weighted by molar-refractivity contribution is 0.455. The maximum absolute atomic E-state index is 11.3. The second kappa shape index (κ2) is 11.1. The Morgan fingerprint density at radius 1 is 1.00 bits per heavy atom. The number of hydrogen-bond acceptors (Lipinski definition) is 0. The Balaban J connectivity index is 0.000000325. The van der Waals surface area contributed by atoms with Gasteiger partial charge in [-0.2, -0.15) is 0 Å². The fourth-order valence-electron chi connectivity index (χ4n) is 1.40. The van der Waals surface area contributed by atoms with E-state index in [0.29, 0.717) is 0 Å². The minimum atomic E-state index is -0.139. The molecule has 0 unspecified atom stereocenters. The first-order valence-corrected chi connectivity index (χ1v) is 6.20. The van der Waals surface area contributed by atoms with Crippen LogP contribution in [0.1, 0.15) is 43.7 Å². The highest BCUT2D eigenvalue weighted by molar-refractivity contribution is 5.63. The zero-order valence-electron chi connectivity index (χ0n) is 10.8. The quantitative estimate of drug-likeness (QED) is 0.569. The van der Waals surface area contributed by atoms with Crippen molar-refractivity contribution in [3.8, 4) is 0 Å². The van der Waals surface area contributed by atoms with Gasteiger partial charge in [-0.3, -0.25) is 4.39 Å². The highest BCUT2D eigenvalue weighted by Crippen LogP contribution is 2.10. The molecule has 0 radical (unpaired) electrons. The van der Waals surface area contributed by atoms with Crippen LogP contribution in [0, 0.1) is 0 Å². The molecule has 17 heavy (non-hydrogen) atoms. The first kappa shape index (κ1) is 15.6. The number of rotatable bonds is 6. The van der Waals surface area contributed by atoms with E-state index in [4.69, 9.17) is 0 Å². The maximum Gasteiger partial charge on any atom is 0.0894 e. The monoisotopic (exact) mass is 234 g/mol. The van der Waals surface area contributed by atoms with Crippen LogP contribution in [0.25, 0.3) is 12.2 Å². The third-order valence-corrected chi connectivity index (χ3v) is 2.42. The molecule has 94 valence electrons. The Morgan fingerprint density at radius 2 is 1.53 bits per heavy atom. The molecule has 0 aromatic heterocycles. The molecule has 0 fully saturated rings. The summed E-state index contributed by atoms with van der Waals surface area (Å²) in [6, 6.07) is 8.02. The van der Waals surface area contributed by atoms with Crippen molar-refractivity contribution in [3.05, 3.63) is 48.6 Å². The van der Waals surface area contributed by atoms with E-state index in [1.54, 1.807) is 0 Å². The lowest BCUT2D eigenvalue weighted by Gasteiger charge is -1.96. The van der Waals surface area contributed by atoms with Crippen LogP contribution in [0.15, 0.2) is 37.4 Å². The Hall–Kier alpha value is -1.37. The SMILES string of the molecule is C=Cc1ccccc1C=C.CCCCCCF. The van der Waals surface area contributed by atoms with E-state index in [1.807, 2.05) is 36.4 Å². The van der Waals surface area contributed by atoms with Crippen molar-refractivity contribution in [3.63, 3.8) is 0 Å². The zero-order valence-corrected chi connectivity index (χ0v) is 10.8. The summed E-state index contributed by atoms with van der Waals surface area (Å²) >= 11 is 0. The molecule has 1 aromatic carbocycles. The Kier molecular flexibility index (Phi) is 10.2. The van der Waals surface area contributed by atoms with Crippen LogP contribution in [0.3, 0.4) is 0 Å². The van der Waals surface area contributed by atoms with Crippen molar-refractivity contribution in [1.29, 1.82) is 0 Å². The first-order chi connectivity index (χ1) is 8.29. The molecule has 0 aliphatic rings. The molecule has 0 aliphatic heterocycles. The summed E-state index contributed by atoms with van der Waals surface area (Å²) in [4.78, 5) is 0. The number of alkyl halides is 1. The highest BCUT2D eigenvalue weighted by Gasteiger charge is 1.89. The van der Waals surface area contributed by atoms with Gasteiger partial charge in [0.2, 0.25) is 0 Å². The summed E-state index contributed by atoms with van der Waals surface area (Å²) in [5.74, 6) is 0. The number of benzene rings is 1. The smallest absolute Gasteiger partial charge is 0.0894 e. The molecule has 1 rings (SSSR count). The topological polar surface area (TPSA) is 0 Å². The lowest BCUT2D eigenvalue weighted by Crippen LogP contribution is -1.76. The van der Waals surface area contributed by atoms with Gasteiger partial charge in [-0.15, -0.1) is 0 Å². The van der Waals surface area contributed by atoms with E-state index in [9.17, 15) is 4.39 Å².